The van der Waals surface area contributed by atoms with Gasteiger partial charge in [0.2, 0.25) is 0 Å². The molecular formula is C13H20O3. The van der Waals surface area contributed by atoms with E-state index in [9.17, 15) is 5.11 Å². The molecule has 1 heterocycles. The molecule has 3 aliphatic rings. The molecule has 2 aliphatic carbocycles. The van der Waals surface area contributed by atoms with Gasteiger partial charge in [-0.2, -0.15) is 0 Å². The number of rotatable bonds is 1. The summed E-state index contributed by atoms with van der Waals surface area (Å²) in [7, 11) is 0. The van der Waals surface area contributed by atoms with Crippen LogP contribution in [0.15, 0.2) is 12.2 Å². The van der Waals surface area contributed by atoms with Gasteiger partial charge in [-0.05, 0) is 19.3 Å². The third-order valence-corrected chi connectivity index (χ3v) is 4.06. The van der Waals surface area contributed by atoms with Crippen LogP contribution in [-0.2, 0) is 9.47 Å². The zero-order chi connectivity index (χ0) is 11.0. The highest BCUT2D eigenvalue weighted by Crippen LogP contribution is 2.41. The van der Waals surface area contributed by atoms with Crippen molar-refractivity contribution in [2.75, 3.05) is 6.61 Å². The molecule has 0 radical (unpaired) electrons. The molecule has 3 rings (SSSR count). The molecule has 90 valence electrons. The van der Waals surface area contributed by atoms with Gasteiger partial charge in [-0.15, -0.1) is 0 Å². The predicted molar refractivity (Wildman–Crippen MR) is 59.9 cm³/mol. The first kappa shape index (κ1) is 10.8. The molecule has 0 bridgehead atoms. The normalized spacial score (nSPS) is 41.9. The van der Waals surface area contributed by atoms with Crippen LogP contribution in [-0.4, -0.2) is 29.7 Å². The Morgan fingerprint density at radius 1 is 1.12 bits per heavy atom. The number of aliphatic hydroxyl groups excluding tert-OH is 1. The fourth-order valence-corrected chi connectivity index (χ4v) is 3.12. The summed E-state index contributed by atoms with van der Waals surface area (Å²) < 4.78 is 12.0. The second-order valence-corrected chi connectivity index (χ2v) is 5.29. The zero-order valence-corrected chi connectivity index (χ0v) is 9.60. The summed E-state index contributed by atoms with van der Waals surface area (Å²) in [5, 5.41) is 9.48. The highest BCUT2D eigenvalue weighted by atomic mass is 16.7. The standard InChI is InChI=1S/C13H20O3/c14-11-5-4-10(8-11)12-9-15-13(16-12)6-2-1-3-7-13/h4-5,10-12,14H,1-3,6-9H2/t10-,11?,12-/m1/s1. The van der Waals surface area contributed by atoms with E-state index in [2.05, 4.69) is 6.08 Å². The molecule has 1 spiro atoms. The first-order chi connectivity index (χ1) is 7.77. The van der Waals surface area contributed by atoms with Crippen LogP contribution in [0.2, 0.25) is 0 Å². The summed E-state index contributed by atoms with van der Waals surface area (Å²) in [6, 6.07) is 0. The Bertz CT molecular complexity index is 281. The van der Waals surface area contributed by atoms with Gasteiger partial charge >= 0.3 is 0 Å². The van der Waals surface area contributed by atoms with Gasteiger partial charge in [0.15, 0.2) is 5.79 Å². The number of hydrogen-bond donors (Lipinski definition) is 1. The van der Waals surface area contributed by atoms with Gasteiger partial charge in [0.05, 0.1) is 18.8 Å². The van der Waals surface area contributed by atoms with Crippen LogP contribution < -0.4 is 0 Å². The Hall–Kier alpha value is -0.380. The first-order valence-electron chi connectivity index (χ1n) is 6.46. The smallest absolute Gasteiger partial charge is 0.168 e. The van der Waals surface area contributed by atoms with E-state index in [1.54, 1.807) is 0 Å². The quantitative estimate of drug-likeness (QED) is 0.692. The minimum atomic E-state index is -0.281. The highest BCUT2D eigenvalue weighted by molar-refractivity contribution is 5.06. The SMILES string of the molecule is OC1C=C[C@@H]([C@H]2COC3(CCCCC3)O2)C1. The van der Waals surface area contributed by atoms with Crippen LogP contribution in [0, 0.1) is 5.92 Å². The van der Waals surface area contributed by atoms with Crippen molar-refractivity contribution in [2.45, 2.75) is 56.5 Å². The predicted octanol–water partition coefficient (Wildman–Crippen LogP) is 2.00. The van der Waals surface area contributed by atoms with E-state index in [1.165, 1.54) is 19.3 Å². The third kappa shape index (κ3) is 1.92. The monoisotopic (exact) mass is 224 g/mol. The molecule has 1 saturated heterocycles. The van der Waals surface area contributed by atoms with Gasteiger partial charge in [-0.1, -0.05) is 18.6 Å². The van der Waals surface area contributed by atoms with Crippen molar-refractivity contribution in [2.24, 2.45) is 5.92 Å². The van der Waals surface area contributed by atoms with Crippen molar-refractivity contribution < 1.29 is 14.6 Å². The number of aliphatic hydroxyl groups is 1. The van der Waals surface area contributed by atoms with Crippen LogP contribution in [0.3, 0.4) is 0 Å². The molecule has 0 aromatic heterocycles. The van der Waals surface area contributed by atoms with Crippen molar-refractivity contribution in [1.82, 2.24) is 0 Å². The van der Waals surface area contributed by atoms with E-state index < -0.39 is 0 Å². The second-order valence-electron chi connectivity index (χ2n) is 5.29. The lowest BCUT2D eigenvalue weighted by molar-refractivity contribution is -0.190. The van der Waals surface area contributed by atoms with E-state index in [-0.39, 0.29) is 18.0 Å². The van der Waals surface area contributed by atoms with E-state index in [0.717, 1.165) is 19.3 Å². The van der Waals surface area contributed by atoms with Crippen molar-refractivity contribution in [1.29, 1.82) is 0 Å². The minimum Gasteiger partial charge on any atom is -0.389 e. The summed E-state index contributed by atoms with van der Waals surface area (Å²) in [6.45, 7) is 0.696. The molecule has 16 heavy (non-hydrogen) atoms. The Morgan fingerprint density at radius 3 is 2.62 bits per heavy atom. The molecule has 1 unspecified atom stereocenters. The maximum atomic E-state index is 9.48. The van der Waals surface area contributed by atoms with Crippen LogP contribution in [0.1, 0.15) is 38.5 Å². The molecule has 3 heteroatoms. The number of hydrogen-bond acceptors (Lipinski definition) is 3. The lowest BCUT2D eigenvalue weighted by Crippen LogP contribution is -2.34. The molecule has 1 N–H and O–H groups in total. The van der Waals surface area contributed by atoms with Gasteiger partial charge in [0.25, 0.3) is 0 Å². The third-order valence-electron chi connectivity index (χ3n) is 4.06. The molecule has 2 fully saturated rings. The first-order valence-corrected chi connectivity index (χ1v) is 6.46. The lowest BCUT2D eigenvalue weighted by atomic mass is 9.94. The Morgan fingerprint density at radius 2 is 1.94 bits per heavy atom. The van der Waals surface area contributed by atoms with Gasteiger partial charge in [0, 0.05) is 18.8 Å². The maximum Gasteiger partial charge on any atom is 0.168 e. The summed E-state index contributed by atoms with van der Waals surface area (Å²) in [5.74, 6) is 0.0703. The van der Waals surface area contributed by atoms with E-state index in [0.29, 0.717) is 12.5 Å². The van der Waals surface area contributed by atoms with Crippen molar-refractivity contribution in [3.63, 3.8) is 0 Å². The molecule has 3 nitrogen and oxygen atoms in total. The van der Waals surface area contributed by atoms with Gasteiger partial charge in [0.1, 0.15) is 0 Å². The minimum absolute atomic E-state index is 0.159. The molecule has 3 atom stereocenters. The van der Waals surface area contributed by atoms with Gasteiger partial charge in [-0.25, -0.2) is 0 Å². The molecule has 0 aromatic rings. The molecule has 0 amide bonds. The van der Waals surface area contributed by atoms with Crippen molar-refractivity contribution in [3.05, 3.63) is 12.2 Å². The van der Waals surface area contributed by atoms with E-state index in [1.807, 2.05) is 6.08 Å². The maximum absolute atomic E-state index is 9.48. The second kappa shape index (κ2) is 4.13. The van der Waals surface area contributed by atoms with Gasteiger partial charge in [-0.3, -0.25) is 0 Å². The summed E-state index contributed by atoms with van der Waals surface area (Å²) in [5.41, 5.74) is 0. The fourth-order valence-electron chi connectivity index (χ4n) is 3.12. The highest BCUT2D eigenvalue weighted by Gasteiger charge is 2.44. The topological polar surface area (TPSA) is 38.7 Å². The van der Waals surface area contributed by atoms with E-state index >= 15 is 0 Å². The van der Waals surface area contributed by atoms with Crippen LogP contribution in [0.4, 0.5) is 0 Å². The summed E-state index contributed by atoms with van der Waals surface area (Å²) in [4.78, 5) is 0. The summed E-state index contributed by atoms with van der Waals surface area (Å²) >= 11 is 0. The Balaban J connectivity index is 1.62. The molecule has 1 saturated carbocycles. The lowest BCUT2D eigenvalue weighted by Gasteiger charge is -2.32. The zero-order valence-electron chi connectivity index (χ0n) is 9.60. The molecular weight excluding hydrogens is 204 g/mol. The average molecular weight is 224 g/mol. The fraction of sp³-hybridized carbons (Fsp3) is 0.846. The van der Waals surface area contributed by atoms with Crippen LogP contribution >= 0.6 is 0 Å². The van der Waals surface area contributed by atoms with E-state index in [4.69, 9.17) is 9.47 Å². The Labute approximate surface area is 96.4 Å². The molecule has 1 aliphatic heterocycles. The van der Waals surface area contributed by atoms with Crippen LogP contribution in [0.5, 0.6) is 0 Å². The molecule has 0 aromatic carbocycles. The van der Waals surface area contributed by atoms with Gasteiger partial charge < -0.3 is 14.6 Å². The van der Waals surface area contributed by atoms with Crippen LogP contribution in [0.25, 0.3) is 0 Å². The number of ether oxygens (including phenoxy) is 2. The van der Waals surface area contributed by atoms with Crippen molar-refractivity contribution >= 4 is 0 Å². The van der Waals surface area contributed by atoms with Crippen molar-refractivity contribution in [3.8, 4) is 0 Å². The Kier molecular flexibility index (Phi) is 2.78. The summed E-state index contributed by atoms with van der Waals surface area (Å²) in [6.07, 6.45) is 10.5. The largest absolute Gasteiger partial charge is 0.389 e. The average Bonchev–Trinajstić information content (AvgIpc) is 2.87.